The lowest BCUT2D eigenvalue weighted by atomic mass is 9.95. The van der Waals surface area contributed by atoms with E-state index in [0.717, 1.165) is 0 Å². The van der Waals surface area contributed by atoms with Gasteiger partial charge >= 0.3 is 6.09 Å². The molecule has 0 spiro atoms. The molecule has 1 aromatic heterocycles. The summed E-state index contributed by atoms with van der Waals surface area (Å²) in [5.74, 6) is 0.426. The van der Waals surface area contributed by atoms with Gasteiger partial charge in [0.1, 0.15) is 17.4 Å². The highest BCUT2D eigenvalue weighted by atomic mass is 16.6. The first-order valence-electron chi connectivity index (χ1n) is 11.1. The SMILES string of the molecule is CC(C)(C)OC(=O)NC(c1ccc(O)cc1)c1nnc(-c2ccc(NC(=O)C(C)(C)C)cc2)nn1. The molecule has 1 unspecified atom stereocenters. The van der Waals surface area contributed by atoms with Crippen LogP contribution < -0.4 is 10.6 Å². The van der Waals surface area contributed by atoms with Gasteiger partial charge in [-0.3, -0.25) is 4.79 Å². The molecule has 0 radical (unpaired) electrons. The summed E-state index contributed by atoms with van der Waals surface area (Å²) in [6.07, 6.45) is -0.656. The number of ether oxygens (including phenoxy) is 1. The molecule has 0 aliphatic carbocycles. The molecular weight excluding hydrogens is 448 g/mol. The Hall–Kier alpha value is -4.08. The maximum Gasteiger partial charge on any atom is 0.408 e. The van der Waals surface area contributed by atoms with E-state index in [-0.39, 0.29) is 23.3 Å². The molecule has 1 heterocycles. The molecular formula is C25H30N6O4. The molecule has 3 N–H and O–H groups in total. The first kappa shape index (κ1) is 25.5. The van der Waals surface area contributed by atoms with Crippen LogP contribution in [0.1, 0.15) is 59.0 Å². The van der Waals surface area contributed by atoms with Crippen molar-refractivity contribution < 1.29 is 19.4 Å². The molecule has 0 saturated carbocycles. The number of rotatable bonds is 5. The lowest BCUT2D eigenvalue weighted by Crippen LogP contribution is -2.36. The van der Waals surface area contributed by atoms with Crippen molar-refractivity contribution in [2.24, 2.45) is 5.41 Å². The van der Waals surface area contributed by atoms with Gasteiger partial charge in [-0.05, 0) is 62.7 Å². The Morgan fingerprint density at radius 1 is 0.857 bits per heavy atom. The van der Waals surface area contributed by atoms with Gasteiger partial charge < -0.3 is 20.5 Å². The van der Waals surface area contributed by atoms with E-state index in [2.05, 4.69) is 31.0 Å². The summed E-state index contributed by atoms with van der Waals surface area (Å²) in [4.78, 5) is 24.6. The second kappa shape index (κ2) is 10.0. The standard InChI is InChI=1S/C25H30N6O4/c1-24(2,3)22(33)26-17-11-7-16(8-12-17)20-28-30-21(31-29-20)19(15-9-13-18(32)14-10-15)27-23(34)35-25(4,5)6/h7-14,19,32H,1-6H3,(H,26,33)(H,27,34). The average molecular weight is 479 g/mol. The fraction of sp³-hybridized carbons (Fsp3) is 0.360. The lowest BCUT2D eigenvalue weighted by Gasteiger charge is -2.23. The van der Waals surface area contributed by atoms with Crippen LogP contribution in [0.15, 0.2) is 48.5 Å². The third-order valence-electron chi connectivity index (χ3n) is 4.72. The predicted octanol–water partition coefficient (Wildman–Crippen LogP) is 4.24. The summed E-state index contributed by atoms with van der Waals surface area (Å²) in [6, 6.07) is 12.5. The molecule has 2 amide bonds. The number of anilines is 1. The molecule has 0 aliphatic rings. The largest absolute Gasteiger partial charge is 0.508 e. The summed E-state index contributed by atoms with van der Waals surface area (Å²) in [5.41, 5.74) is 0.728. The van der Waals surface area contributed by atoms with E-state index < -0.39 is 23.2 Å². The third kappa shape index (κ3) is 7.20. The van der Waals surface area contributed by atoms with Gasteiger partial charge in [-0.25, -0.2) is 4.79 Å². The number of nitrogens with zero attached hydrogens (tertiary/aromatic N) is 4. The molecule has 10 heteroatoms. The van der Waals surface area contributed by atoms with Gasteiger partial charge in [0.2, 0.25) is 11.7 Å². The van der Waals surface area contributed by atoms with Crippen LogP contribution in [-0.2, 0) is 9.53 Å². The number of phenolic OH excluding ortho intramolecular Hbond substituents is 1. The Morgan fingerprint density at radius 2 is 1.43 bits per heavy atom. The van der Waals surface area contributed by atoms with Crippen molar-refractivity contribution in [3.8, 4) is 17.1 Å². The average Bonchev–Trinajstić information content (AvgIpc) is 2.77. The van der Waals surface area contributed by atoms with Crippen LogP contribution >= 0.6 is 0 Å². The summed E-state index contributed by atoms with van der Waals surface area (Å²) >= 11 is 0. The molecule has 0 fully saturated rings. The van der Waals surface area contributed by atoms with E-state index in [9.17, 15) is 14.7 Å². The molecule has 3 aromatic rings. The topological polar surface area (TPSA) is 139 Å². The van der Waals surface area contributed by atoms with E-state index in [1.54, 1.807) is 57.2 Å². The quantitative estimate of drug-likeness (QED) is 0.495. The van der Waals surface area contributed by atoms with Gasteiger partial charge in [0, 0.05) is 16.7 Å². The van der Waals surface area contributed by atoms with Crippen molar-refractivity contribution >= 4 is 17.7 Å². The number of benzene rings is 2. The van der Waals surface area contributed by atoms with Crippen molar-refractivity contribution in [1.29, 1.82) is 0 Å². The monoisotopic (exact) mass is 478 g/mol. The van der Waals surface area contributed by atoms with E-state index in [1.807, 2.05) is 20.8 Å². The number of carbonyl (C=O) groups excluding carboxylic acids is 2. The number of amides is 2. The number of hydrogen-bond acceptors (Lipinski definition) is 8. The molecule has 35 heavy (non-hydrogen) atoms. The Labute approximate surface area is 204 Å². The van der Waals surface area contributed by atoms with Crippen LogP contribution in [0, 0.1) is 5.41 Å². The Kier molecular flexibility index (Phi) is 7.33. The van der Waals surface area contributed by atoms with E-state index in [1.165, 1.54) is 12.1 Å². The molecule has 1 atom stereocenters. The minimum atomic E-state index is -0.797. The minimum Gasteiger partial charge on any atom is -0.508 e. The van der Waals surface area contributed by atoms with Crippen LogP contribution in [0.5, 0.6) is 5.75 Å². The number of hydrogen-bond donors (Lipinski definition) is 3. The maximum atomic E-state index is 12.4. The first-order valence-corrected chi connectivity index (χ1v) is 11.1. The zero-order valence-corrected chi connectivity index (χ0v) is 20.7. The number of aromatic hydroxyl groups is 1. The van der Waals surface area contributed by atoms with Crippen molar-refractivity contribution in [3.05, 3.63) is 59.9 Å². The van der Waals surface area contributed by atoms with Crippen LogP contribution in [0.2, 0.25) is 0 Å². The summed E-state index contributed by atoms with van der Waals surface area (Å²) in [7, 11) is 0. The van der Waals surface area contributed by atoms with Gasteiger partial charge in [-0.2, -0.15) is 0 Å². The fourth-order valence-electron chi connectivity index (χ4n) is 2.88. The van der Waals surface area contributed by atoms with Crippen LogP contribution in [0.25, 0.3) is 11.4 Å². The molecule has 2 aromatic carbocycles. The number of phenols is 1. The normalized spacial score (nSPS) is 12.5. The highest BCUT2D eigenvalue weighted by Gasteiger charge is 2.25. The molecule has 10 nitrogen and oxygen atoms in total. The number of aromatic nitrogens is 4. The van der Waals surface area contributed by atoms with Gasteiger partial charge in [0.05, 0.1) is 0 Å². The van der Waals surface area contributed by atoms with Gasteiger partial charge in [-0.15, -0.1) is 20.4 Å². The second-order valence-corrected chi connectivity index (χ2v) is 10.0. The summed E-state index contributed by atoms with van der Waals surface area (Å²) in [5, 5.41) is 31.9. The van der Waals surface area contributed by atoms with E-state index >= 15 is 0 Å². The van der Waals surface area contributed by atoms with Crippen LogP contribution in [-0.4, -0.2) is 43.1 Å². The Morgan fingerprint density at radius 3 is 1.94 bits per heavy atom. The highest BCUT2D eigenvalue weighted by Crippen LogP contribution is 2.23. The molecule has 0 saturated heterocycles. The Balaban J connectivity index is 1.82. The van der Waals surface area contributed by atoms with Crippen molar-refractivity contribution in [1.82, 2.24) is 25.7 Å². The number of alkyl carbamates (subject to hydrolysis) is 1. The zero-order valence-electron chi connectivity index (χ0n) is 20.7. The van der Waals surface area contributed by atoms with Crippen LogP contribution in [0.3, 0.4) is 0 Å². The minimum absolute atomic E-state index is 0.0828. The molecule has 3 rings (SSSR count). The lowest BCUT2D eigenvalue weighted by molar-refractivity contribution is -0.123. The van der Waals surface area contributed by atoms with Gasteiger partial charge in [0.15, 0.2) is 5.82 Å². The smallest absolute Gasteiger partial charge is 0.408 e. The van der Waals surface area contributed by atoms with Crippen molar-refractivity contribution in [2.45, 2.75) is 53.2 Å². The fourth-order valence-corrected chi connectivity index (χ4v) is 2.88. The van der Waals surface area contributed by atoms with E-state index in [4.69, 9.17) is 4.74 Å². The number of carbonyl (C=O) groups is 2. The van der Waals surface area contributed by atoms with Crippen LogP contribution in [0.4, 0.5) is 10.5 Å². The van der Waals surface area contributed by atoms with E-state index in [0.29, 0.717) is 16.8 Å². The molecule has 0 aliphatic heterocycles. The third-order valence-corrected chi connectivity index (χ3v) is 4.72. The van der Waals surface area contributed by atoms with Gasteiger partial charge in [-0.1, -0.05) is 32.9 Å². The zero-order chi connectivity index (χ0) is 25.8. The first-order chi connectivity index (χ1) is 16.3. The summed E-state index contributed by atoms with van der Waals surface area (Å²) < 4.78 is 5.36. The molecule has 184 valence electrons. The van der Waals surface area contributed by atoms with Crippen molar-refractivity contribution in [2.75, 3.05) is 5.32 Å². The number of nitrogens with one attached hydrogen (secondary N) is 2. The maximum absolute atomic E-state index is 12.4. The Bertz CT molecular complexity index is 1170. The van der Waals surface area contributed by atoms with Gasteiger partial charge in [0.25, 0.3) is 0 Å². The van der Waals surface area contributed by atoms with Crippen molar-refractivity contribution in [3.63, 3.8) is 0 Å². The highest BCUT2D eigenvalue weighted by molar-refractivity contribution is 5.94. The predicted molar refractivity (Wildman–Crippen MR) is 130 cm³/mol. The summed E-state index contributed by atoms with van der Waals surface area (Å²) in [6.45, 7) is 10.8. The molecule has 0 bridgehead atoms. The second-order valence-electron chi connectivity index (χ2n) is 10.0.